The van der Waals surface area contributed by atoms with E-state index in [1.165, 1.54) is 40.6 Å². The van der Waals surface area contributed by atoms with Crippen LogP contribution >= 0.6 is 11.9 Å². The highest BCUT2D eigenvalue weighted by atomic mass is 32.2. The lowest BCUT2D eigenvalue weighted by atomic mass is 10.1. The van der Waals surface area contributed by atoms with Crippen molar-refractivity contribution in [3.8, 4) is 28.7 Å². The van der Waals surface area contributed by atoms with Crippen LogP contribution in [0.2, 0.25) is 0 Å². The number of halogens is 3. The van der Waals surface area contributed by atoms with E-state index in [1.807, 2.05) is 6.08 Å². The number of hydrogen-bond acceptors (Lipinski definition) is 7. The number of phenols is 1. The highest BCUT2D eigenvalue weighted by Crippen LogP contribution is 2.40. The van der Waals surface area contributed by atoms with Gasteiger partial charge in [-0.25, -0.2) is 0 Å². The molecule has 3 aromatic rings. The first-order valence-corrected chi connectivity index (χ1v) is 11.0. The molecule has 0 aliphatic heterocycles. The molecule has 3 rings (SSSR count). The van der Waals surface area contributed by atoms with Crippen LogP contribution in [0.25, 0.3) is 12.2 Å². The van der Waals surface area contributed by atoms with Gasteiger partial charge < -0.3 is 28.8 Å². The number of rotatable bonds is 9. The maximum absolute atomic E-state index is 12.8. The van der Waals surface area contributed by atoms with Gasteiger partial charge in [0, 0.05) is 4.90 Å². The normalized spacial score (nSPS) is 11.4. The Morgan fingerprint density at radius 2 is 1.29 bits per heavy atom. The standard InChI is InChI=1S/C25H24F3NO5S/c1-31-20-12-15(5-6-16-13-21(32-2)24(34-4)22(14-16)33-3)11-19(23(20)30)29-35-18-9-7-17(8-10-18)25(26,27)28/h5-14,29-30H,1-4H3/b6-5-. The summed E-state index contributed by atoms with van der Waals surface area (Å²) in [4.78, 5) is 0.537. The van der Waals surface area contributed by atoms with Crippen molar-refractivity contribution in [2.75, 3.05) is 33.2 Å². The predicted molar refractivity (Wildman–Crippen MR) is 131 cm³/mol. The number of benzene rings is 3. The van der Waals surface area contributed by atoms with Crippen molar-refractivity contribution in [1.29, 1.82) is 0 Å². The smallest absolute Gasteiger partial charge is 0.416 e. The second-order valence-electron chi connectivity index (χ2n) is 7.14. The van der Waals surface area contributed by atoms with Gasteiger partial charge in [0.05, 0.1) is 39.7 Å². The van der Waals surface area contributed by atoms with Gasteiger partial charge >= 0.3 is 6.18 Å². The molecule has 2 N–H and O–H groups in total. The van der Waals surface area contributed by atoms with Crippen molar-refractivity contribution < 1.29 is 37.2 Å². The predicted octanol–water partition coefficient (Wildman–Crippen LogP) is 6.74. The average molecular weight is 508 g/mol. The van der Waals surface area contributed by atoms with Crippen LogP contribution in [0.3, 0.4) is 0 Å². The van der Waals surface area contributed by atoms with Crippen LogP contribution in [0.15, 0.2) is 53.4 Å². The fourth-order valence-electron chi connectivity index (χ4n) is 3.17. The van der Waals surface area contributed by atoms with Gasteiger partial charge in [0.15, 0.2) is 23.0 Å². The number of alkyl halides is 3. The molecule has 0 amide bonds. The van der Waals surface area contributed by atoms with Gasteiger partial charge in [-0.05, 0) is 71.6 Å². The maximum atomic E-state index is 12.8. The molecule has 0 aliphatic carbocycles. The Bertz CT molecular complexity index is 1170. The Morgan fingerprint density at radius 1 is 0.771 bits per heavy atom. The van der Waals surface area contributed by atoms with Crippen LogP contribution in [0.4, 0.5) is 18.9 Å². The van der Waals surface area contributed by atoms with E-state index in [0.717, 1.165) is 29.6 Å². The topological polar surface area (TPSA) is 69.2 Å². The molecule has 186 valence electrons. The average Bonchev–Trinajstić information content (AvgIpc) is 2.86. The second-order valence-corrected chi connectivity index (χ2v) is 8.02. The molecule has 10 heteroatoms. The summed E-state index contributed by atoms with van der Waals surface area (Å²) in [6.07, 6.45) is -0.777. The van der Waals surface area contributed by atoms with E-state index in [9.17, 15) is 18.3 Å². The molecule has 0 unspecified atom stereocenters. The summed E-state index contributed by atoms with van der Waals surface area (Å²) in [6.45, 7) is 0. The third-order valence-corrected chi connectivity index (χ3v) is 5.76. The number of methoxy groups -OCH3 is 4. The van der Waals surface area contributed by atoms with E-state index in [4.69, 9.17) is 18.9 Å². The highest BCUT2D eigenvalue weighted by Gasteiger charge is 2.30. The summed E-state index contributed by atoms with van der Waals surface area (Å²) in [6, 6.07) is 11.6. The first kappa shape index (κ1) is 26.0. The highest BCUT2D eigenvalue weighted by molar-refractivity contribution is 8.00. The minimum atomic E-state index is -4.40. The first-order valence-electron chi connectivity index (χ1n) is 10.2. The molecule has 3 aromatic carbocycles. The number of nitrogens with one attached hydrogen (secondary N) is 1. The number of hydrogen-bond donors (Lipinski definition) is 2. The third-order valence-electron chi connectivity index (χ3n) is 4.93. The maximum Gasteiger partial charge on any atom is 0.416 e. The molecule has 6 nitrogen and oxygen atoms in total. The monoisotopic (exact) mass is 507 g/mol. The quantitative estimate of drug-likeness (QED) is 0.189. The number of anilines is 1. The lowest BCUT2D eigenvalue weighted by Crippen LogP contribution is -2.04. The van der Waals surface area contributed by atoms with Crippen molar-refractivity contribution in [3.63, 3.8) is 0 Å². The molecule has 0 saturated carbocycles. The van der Waals surface area contributed by atoms with Crippen LogP contribution in [0, 0.1) is 0 Å². The van der Waals surface area contributed by atoms with Crippen molar-refractivity contribution in [1.82, 2.24) is 0 Å². The second kappa shape index (κ2) is 11.2. The molecule has 0 spiro atoms. The molecule has 0 atom stereocenters. The van der Waals surface area contributed by atoms with E-state index < -0.39 is 11.7 Å². The van der Waals surface area contributed by atoms with E-state index in [1.54, 1.807) is 30.3 Å². The number of ether oxygens (including phenoxy) is 4. The van der Waals surface area contributed by atoms with Crippen molar-refractivity contribution >= 4 is 29.8 Å². The summed E-state index contributed by atoms with van der Waals surface area (Å²) in [5.74, 6) is 1.59. The van der Waals surface area contributed by atoms with Gasteiger partial charge in [-0.15, -0.1) is 0 Å². The van der Waals surface area contributed by atoms with Crippen molar-refractivity contribution in [3.05, 3.63) is 65.2 Å². The molecular formula is C25H24F3NO5S. The molecule has 0 heterocycles. The van der Waals surface area contributed by atoms with Gasteiger partial charge in [0.25, 0.3) is 0 Å². The van der Waals surface area contributed by atoms with Crippen LogP contribution in [-0.4, -0.2) is 33.5 Å². The Balaban J connectivity index is 1.85. The van der Waals surface area contributed by atoms with Gasteiger partial charge in [0.2, 0.25) is 5.75 Å². The van der Waals surface area contributed by atoms with Gasteiger partial charge in [0.1, 0.15) is 0 Å². The Labute approximate surface area is 205 Å². The largest absolute Gasteiger partial charge is 0.503 e. The van der Waals surface area contributed by atoms with Crippen molar-refractivity contribution in [2.24, 2.45) is 0 Å². The molecular weight excluding hydrogens is 483 g/mol. The summed E-state index contributed by atoms with van der Waals surface area (Å²) in [5, 5.41) is 10.5. The van der Waals surface area contributed by atoms with Crippen LogP contribution < -0.4 is 23.7 Å². The summed E-state index contributed by atoms with van der Waals surface area (Å²) in [5.41, 5.74) is 1.08. The zero-order chi connectivity index (χ0) is 25.6. The Hall–Kier alpha value is -3.66. The zero-order valence-corrected chi connectivity index (χ0v) is 20.2. The summed E-state index contributed by atoms with van der Waals surface area (Å²) >= 11 is 1.06. The number of phenolic OH excluding ortho intramolecular Hbond substituents is 1. The number of aromatic hydroxyl groups is 1. The molecule has 0 aliphatic rings. The van der Waals surface area contributed by atoms with Gasteiger partial charge in [-0.3, -0.25) is 0 Å². The third kappa shape index (κ3) is 6.27. The van der Waals surface area contributed by atoms with E-state index in [2.05, 4.69) is 4.72 Å². The van der Waals surface area contributed by atoms with Gasteiger partial charge in [-0.2, -0.15) is 13.2 Å². The Morgan fingerprint density at radius 3 is 1.77 bits per heavy atom. The summed E-state index contributed by atoms with van der Waals surface area (Å²) in [7, 11) is 6.01. The van der Waals surface area contributed by atoms with Gasteiger partial charge in [-0.1, -0.05) is 12.2 Å². The summed E-state index contributed by atoms with van der Waals surface area (Å²) < 4.78 is 62.6. The lowest BCUT2D eigenvalue weighted by molar-refractivity contribution is -0.137. The fraction of sp³-hybridized carbons (Fsp3) is 0.200. The fourth-order valence-corrected chi connectivity index (χ4v) is 3.83. The van der Waals surface area contributed by atoms with E-state index in [-0.39, 0.29) is 11.5 Å². The molecule has 35 heavy (non-hydrogen) atoms. The minimum Gasteiger partial charge on any atom is -0.503 e. The van der Waals surface area contributed by atoms with Crippen molar-refractivity contribution in [2.45, 2.75) is 11.1 Å². The Kier molecular flexibility index (Phi) is 8.29. The first-order chi connectivity index (χ1) is 16.7. The molecule has 0 radical (unpaired) electrons. The SMILES string of the molecule is COc1cc(/C=C\c2cc(OC)c(OC)c(OC)c2)cc(NSc2ccc(C(F)(F)F)cc2)c1O. The van der Waals surface area contributed by atoms with Crippen LogP contribution in [-0.2, 0) is 6.18 Å². The van der Waals surface area contributed by atoms with E-state index >= 15 is 0 Å². The minimum absolute atomic E-state index is 0.128. The zero-order valence-electron chi connectivity index (χ0n) is 19.4. The molecule has 0 saturated heterocycles. The van der Waals surface area contributed by atoms with Crippen LogP contribution in [0.1, 0.15) is 16.7 Å². The lowest BCUT2D eigenvalue weighted by Gasteiger charge is -2.13. The van der Waals surface area contributed by atoms with Crippen LogP contribution in [0.5, 0.6) is 28.7 Å². The van der Waals surface area contributed by atoms with E-state index in [0.29, 0.717) is 33.4 Å². The molecule has 0 aromatic heterocycles. The molecule has 0 bridgehead atoms. The molecule has 0 fully saturated rings.